The van der Waals surface area contributed by atoms with Crippen LogP contribution in [-0.4, -0.2) is 45.5 Å². The van der Waals surface area contributed by atoms with Crippen LogP contribution < -0.4 is 9.64 Å². The average Bonchev–Trinajstić information content (AvgIpc) is 3.23. The van der Waals surface area contributed by atoms with Gasteiger partial charge in [-0.15, -0.1) is 0 Å². The van der Waals surface area contributed by atoms with Gasteiger partial charge in [-0.3, -0.25) is 0 Å². The van der Waals surface area contributed by atoms with Gasteiger partial charge in [-0.2, -0.15) is 14.6 Å². The van der Waals surface area contributed by atoms with Crippen molar-refractivity contribution in [2.45, 2.75) is 17.9 Å². The number of anilines is 1. The quantitative estimate of drug-likeness (QED) is 0.604. The van der Waals surface area contributed by atoms with Crippen LogP contribution in [0, 0.1) is 11.3 Å². The number of aromatic nitrogens is 1. The van der Waals surface area contributed by atoms with Crippen LogP contribution in [0.5, 0.6) is 5.75 Å². The molecule has 1 aromatic heterocycles. The summed E-state index contributed by atoms with van der Waals surface area (Å²) in [7, 11) is 1.07. The molecule has 2 heterocycles. The molecule has 1 aliphatic rings. The molecule has 0 saturated heterocycles. The van der Waals surface area contributed by atoms with Gasteiger partial charge in [0.1, 0.15) is 16.7 Å². The molecule has 0 radical (unpaired) electrons. The number of nitrogens with zero attached hydrogens (tertiary/aromatic N) is 4. The summed E-state index contributed by atoms with van der Waals surface area (Å²) in [5.74, 6) is 0.719. The number of nitriles is 1. The van der Waals surface area contributed by atoms with E-state index in [1.807, 2.05) is 30.3 Å². The number of ether oxygens (including phenoxy) is 1. The van der Waals surface area contributed by atoms with E-state index in [2.05, 4.69) is 4.98 Å². The molecule has 0 bridgehead atoms. The molecular weight excluding hydrogens is 416 g/mol. The van der Waals surface area contributed by atoms with Gasteiger partial charge in [0.2, 0.25) is 27.5 Å². The minimum absolute atomic E-state index is 0.0370. The van der Waals surface area contributed by atoms with Crippen molar-refractivity contribution in [1.82, 2.24) is 9.29 Å². The van der Waals surface area contributed by atoms with Crippen LogP contribution >= 0.6 is 0 Å². The first-order chi connectivity index (χ1) is 14.8. The van der Waals surface area contributed by atoms with Crippen molar-refractivity contribution in [2.24, 2.45) is 0 Å². The molecule has 2 aromatic carbocycles. The number of hydrogen-bond donors (Lipinski definition) is 0. The highest BCUT2D eigenvalue weighted by atomic mass is 32.2. The number of oxazole rings is 1. The highest BCUT2D eigenvalue weighted by Gasteiger charge is 2.31. The van der Waals surface area contributed by atoms with E-state index in [-0.39, 0.29) is 22.2 Å². The lowest BCUT2D eigenvalue weighted by atomic mass is 10.0. The third-order valence-electron chi connectivity index (χ3n) is 5.25. The van der Waals surface area contributed by atoms with E-state index in [9.17, 15) is 13.7 Å². The minimum Gasteiger partial charge on any atom is -0.495 e. The largest absolute Gasteiger partial charge is 0.495 e. The topological polar surface area (TPSA) is 99.7 Å². The number of fused-ring (bicyclic) bond motifs is 1. The molecule has 4 rings (SSSR count). The summed E-state index contributed by atoms with van der Waals surface area (Å²) in [5.41, 5.74) is 2.73. The maximum Gasteiger partial charge on any atom is 0.247 e. The Kier molecular flexibility index (Phi) is 5.43. The molecule has 1 aliphatic heterocycles. The Hall–Kier alpha value is -3.35. The Morgan fingerprint density at radius 1 is 1.19 bits per heavy atom. The highest BCUT2D eigenvalue weighted by molar-refractivity contribution is 7.89. The van der Waals surface area contributed by atoms with Gasteiger partial charge in [0.15, 0.2) is 0 Å². The number of methoxy groups -OCH3 is 1. The molecule has 0 saturated carbocycles. The fourth-order valence-electron chi connectivity index (χ4n) is 3.64. The van der Waals surface area contributed by atoms with Crippen LogP contribution in [-0.2, 0) is 23.0 Å². The van der Waals surface area contributed by atoms with Gasteiger partial charge in [0.05, 0.1) is 7.11 Å². The second-order valence-corrected chi connectivity index (χ2v) is 9.31. The zero-order valence-corrected chi connectivity index (χ0v) is 18.3. The maximum absolute atomic E-state index is 13.5. The van der Waals surface area contributed by atoms with Gasteiger partial charge in [-0.25, -0.2) is 8.42 Å². The van der Waals surface area contributed by atoms with E-state index >= 15 is 0 Å². The van der Waals surface area contributed by atoms with Crippen LogP contribution in [0.2, 0.25) is 0 Å². The molecule has 8 nitrogen and oxygen atoms in total. The predicted octanol–water partition coefficient (Wildman–Crippen LogP) is 3.03. The van der Waals surface area contributed by atoms with Crippen LogP contribution in [0.4, 0.5) is 5.88 Å². The molecule has 160 valence electrons. The van der Waals surface area contributed by atoms with E-state index in [1.165, 1.54) is 17.5 Å². The molecule has 0 aliphatic carbocycles. The highest BCUT2D eigenvalue weighted by Crippen LogP contribution is 2.35. The van der Waals surface area contributed by atoms with Crippen molar-refractivity contribution in [2.75, 3.05) is 32.6 Å². The van der Waals surface area contributed by atoms with Gasteiger partial charge in [0.25, 0.3) is 0 Å². The van der Waals surface area contributed by atoms with E-state index in [1.54, 1.807) is 31.1 Å². The summed E-state index contributed by atoms with van der Waals surface area (Å²) in [6, 6.07) is 14.6. The molecule has 9 heteroatoms. The first-order valence-electron chi connectivity index (χ1n) is 9.68. The zero-order valence-electron chi connectivity index (χ0n) is 17.5. The zero-order chi connectivity index (χ0) is 22.2. The number of rotatable bonds is 5. The van der Waals surface area contributed by atoms with Gasteiger partial charge in [-0.1, -0.05) is 24.3 Å². The number of sulfonamides is 1. The summed E-state index contributed by atoms with van der Waals surface area (Å²) in [6.07, 6.45) is 0.648. The lowest BCUT2D eigenvalue weighted by molar-refractivity contribution is 0.378. The van der Waals surface area contributed by atoms with E-state index in [0.29, 0.717) is 31.0 Å². The Morgan fingerprint density at radius 3 is 2.58 bits per heavy atom. The Bertz CT molecular complexity index is 1270. The molecule has 0 N–H and O–H groups in total. The van der Waals surface area contributed by atoms with Gasteiger partial charge in [0, 0.05) is 32.7 Å². The van der Waals surface area contributed by atoms with Crippen LogP contribution in [0.25, 0.3) is 11.5 Å². The summed E-state index contributed by atoms with van der Waals surface area (Å²) in [4.78, 5) is 5.90. The molecule has 0 unspecified atom stereocenters. The summed E-state index contributed by atoms with van der Waals surface area (Å²) in [5, 5.41) is 9.32. The molecule has 31 heavy (non-hydrogen) atoms. The van der Waals surface area contributed by atoms with Crippen LogP contribution in [0.15, 0.2) is 51.8 Å². The summed E-state index contributed by atoms with van der Waals surface area (Å²) < 4.78 is 39.6. The van der Waals surface area contributed by atoms with E-state index in [4.69, 9.17) is 9.15 Å². The Balaban J connectivity index is 1.76. The van der Waals surface area contributed by atoms with Crippen LogP contribution in [0.1, 0.15) is 16.8 Å². The Labute approximate surface area is 181 Å². The van der Waals surface area contributed by atoms with Crippen molar-refractivity contribution in [3.05, 3.63) is 59.3 Å². The molecule has 0 atom stereocenters. The summed E-state index contributed by atoms with van der Waals surface area (Å²) >= 11 is 0. The number of benzene rings is 2. The fourth-order valence-corrected chi connectivity index (χ4v) is 5.24. The third kappa shape index (κ3) is 3.76. The lowest BCUT2D eigenvalue weighted by Crippen LogP contribution is -2.36. The molecule has 0 fully saturated rings. The normalized spacial score (nSPS) is 14.0. The lowest BCUT2D eigenvalue weighted by Gasteiger charge is -2.28. The molecule has 3 aromatic rings. The van der Waals surface area contributed by atoms with Crippen molar-refractivity contribution >= 4 is 15.9 Å². The number of hydrogen-bond acceptors (Lipinski definition) is 7. The van der Waals surface area contributed by atoms with Crippen molar-refractivity contribution < 1.29 is 17.6 Å². The monoisotopic (exact) mass is 438 g/mol. The van der Waals surface area contributed by atoms with Crippen molar-refractivity contribution in [3.8, 4) is 23.3 Å². The van der Waals surface area contributed by atoms with Gasteiger partial charge < -0.3 is 14.1 Å². The van der Waals surface area contributed by atoms with Gasteiger partial charge in [-0.05, 0) is 35.7 Å². The first-order valence-corrected chi connectivity index (χ1v) is 11.1. The fraction of sp³-hybridized carbons (Fsp3) is 0.273. The SMILES string of the molecule is COc1ccc(-c2nc(C#N)c(N(C)C)o2)cc1S(=O)(=O)N1CCc2ccccc2C1. The smallest absolute Gasteiger partial charge is 0.247 e. The minimum atomic E-state index is -3.84. The van der Waals surface area contributed by atoms with E-state index in [0.717, 1.165) is 11.1 Å². The summed E-state index contributed by atoms with van der Waals surface area (Å²) in [6.45, 7) is 0.684. The van der Waals surface area contributed by atoms with Gasteiger partial charge >= 0.3 is 0 Å². The standard InChI is InChI=1S/C22H22N4O4S/c1-25(2)22-18(13-23)24-21(30-22)16-8-9-19(29-3)20(12-16)31(27,28)26-11-10-15-6-4-5-7-17(15)14-26/h4-9,12H,10-11,14H2,1-3H3. The predicted molar refractivity (Wildman–Crippen MR) is 115 cm³/mol. The van der Waals surface area contributed by atoms with Crippen molar-refractivity contribution in [1.29, 1.82) is 5.26 Å². The first kappa shape index (κ1) is 20.9. The molecular formula is C22H22N4O4S. The second-order valence-electron chi connectivity index (χ2n) is 7.40. The maximum atomic E-state index is 13.5. The third-order valence-corrected chi connectivity index (χ3v) is 7.11. The molecule has 0 spiro atoms. The molecule has 0 amide bonds. The average molecular weight is 439 g/mol. The van der Waals surface area contributed by atoms with E-state index < -0.39 is 10.0 Å². The Morgan fingerprint density at radius 2 is 1.94 bits per heavy atom. The van der Waals surface area contributed by atoms with Crippen molar-refractivity contribution in [3.63, 3.8) is 0 Å². The van der Waals surface area contributed by atoms with Crippen LogP contribution in [0.3, 0.4) is 0 Å². The second kappa shape index (κ2) is 8.06.